The van der Waals surface area contributed by atoms with E-state index < -0.39 is 0 Å². The summed E-state index contributed by atoms with van der Waals surface area (Å²) in [5, 5.41) is 3.41. The standard InChI is InChI=1S/C15H24BrNO2/c1-4-19-15(8-5-11(2)6-9-15)14(17-3)13-12(16)7-10-18-13/h7,10-11,14,17H,4-6,8-9H2,1-3H3. The van der Waals surface area contributed by atoms with Gasteiger partial charge in [-0.2, -0.15) is 0 Å². The first-order chi connectivity index (χ1) is 9.13. The van der Waals surface area contributed by atoms with E-state index in [1.54, 1.807) is 6.26 Å². The lowest BCUT2D eigenvalue weighted by atomic mass is 9.74. The van der Waals surface area contributed by atoms with Crippen LogP contribution < -0.4 is 5.32 Å². The monoisotopic (exact) mass is 329 g/mol. The highest BCUT2D eigenvalue weighted by molar-refractivity contribution is 9.10. The van der Waals surface area contributed by atoms with Crippen LogP contribution in [0, 0.1) is 5.92 Å². The molecular formula is C15H24BrNO2. The largest absolute Gasteiger partial charge is 0.466 e. The quantitative estimate of drug-likeness (QED) is 0.875. The van der Waals surface area contributed by atoms with Gasteiger partial charge in [0.1, 0.15) is 5.76 Å². The molecule has 0 saturated heterocycles. The third-order valence-corrected chi connectivity index (χ3v) is 4.93. The zero-order chi connectivity index (χ0) is 13.9. The van der Waals surface area contributed by atoms with Gasteiger partial charge in [0.05, 0.1) is 22.4 Å². The SMILES string of the molecule is CCOC1(C(NC)c2occc2Br)CCC(C)CC1. The summed E-state index contributed by atoms with van der Waals surface area (Å²) in [5.74, 6) is 1.75. The lowest BCUT2D eigenvalue weighted by Crippen LogP contribution is -2.47. The van der Waals surface area contributed by atoms with E-state index in [0.717, 1.165) is 35.6 Å². The molecule has 0 aliphatic heterocycles. The number of hydrogen-bond acceptors (Lipinski definition) is 3. The van der Waals surface area contributed by atoms with E-state index in [9.17, 15) is 0 Å². The number of halogens is 1. The second-order valence-electron chi connectivity index (χ2n) is 5.53. The zero-order valence-electron chi connectivity index (χ0n) is 12.0. The van der Waals surface area contributed by atoms with Gasteiger partial charge < -0.3 is 14.5 Å². The molecule has 1 aliphatic rings. The van der Waals surface area contributed by atoms with Crippen LogP contribution in [0.5, 0.6) is 0 Å². The van der Waals surface area contributed by atoms with Gasteiger partial charge in [0.15, 0.2) is 0 Å². The Kier molecular flexibility index (Phi) is 5.09. The van der Waals surface area contributed by atoms with Gasteiger partial charge in [-0.15, -0.1) is 0 Å². The molecule has 2 rings (SSSR count). The van der Waals surface area contributed by atoms with Crippen molar-refractivity contribution in [3.05, 3.63) is 22.6 Å². The van der Waals surface area contributed by atoms with Crippen LogP contribution in [0.3, 0.4) is 0 Å². The maximum Gasteiger partial charge on any atom is 0.137 e. The molecule has 1 aromatic heterocycles. The van der Waals surface area contributed by atoms with Crippen molar-refractivity contribution in [3.63, 3.8) is 0 Å². The van der Waals surface area contributed by atoms with Crippen LogP contribution >= 0.6 is 15.9 Å². The zero-order valence-corrected chi connectivity index (χ0v) is 13.6. The highest BCUT2D eigenvalue weighted by Crippen LogP contribution is 2.44. The molecule has 0 bridgehead atoms. The summed E-state index contributed by atoms with van der Waals surface area (Å²) in [5.41, 5.74) is -0.142. The molecule has 19 heavy (non-hydrogen) atoms. The fourth-order valence-electron chi connectivity index (χ4n) is 3.20. The van der Waals surface area contributed by atoms with Crippen molar-refractivity contribution in [2.75, 3.05) is 13.7 Å². The molecule has 4 heteroatoms. The molecule has 1 saturated carbocycles. The minimum atomic E-state index is -0.142. The van der Waals surface area contributed by atoms with E-state index in [0.29, 0.717) is 0 Å². The van der Waals surface area contributed by atoms with E-state index in [2.05, 4.69) is 35.1 Å². The van der Waals surface area contributed by atoms with Crippen molar-refractivity contribution in [2.24, 2.45) is 5.92 Å². The Balaban J connectivity index is 2.28. The summed E-state index contributed by atoms with van der Waals surface area (Å²) in [6.45, 7) is 5.14. The molecule has 0 aromatic carbocycles. The summed E-state index contributed by atoms with van der Waals surface area (Å²) < 4.78 is 12.9. The van der Waals surface area contributed by atoms with Gasteiger partial charge >= 0.3 is 0 Å². The van der Waals surface area contributed by atoms with Crippen molar-refractivity contribution in [3.8, 4) is 0 Å². The molecule has 0 amide bonds. The predicted octanol–water partition coefficient (Wildman–Crippen LogP) is 4.29. The summed E-state index contributed by atoms with van der Waals surface area (Å²) in [6, 6.07) is 2.05. The maximum atomic E-state index is 6.21. The number of furan rings is 1. The Morgan fingerprint density at radius 1 is 1.53 bits per heavy atom. The molecule has 1 fully saturated rings. The average molecular weight is 330 g/mol. The van der Waals surface area contributed by atoms with E-state index in [1.165, 1.54) is 12.8 Å². The molecule has 1 heterocycles. The molecule has 3 nitrogen and oxygen atoms in total. The lowest BCUT2D eigenvalue weighted by molar-refractivity contribution is -0.100. The molecule has 1 N–H and O–H groups in total. The Hall–Kier alpha value is -0.320. The van der Waals surface area contributed by atoms with Gasteiger partial charge in [-0.1, -0.05) is 6.92 Å². The number of nitrogens with one attached hydrogen (secondary N) is 1. The molecule has 108 valence electrons. The van der Waals surface area contributed by atoms with E-state index in [-0.39, 0.29) is 11.6 Å². The van der Waals surface area contributed by atoms with Gasteiger partial charge in [-0.05, 0) is 67.6 Å². The van der Waals surface area contributed by atoms with Crippen LogP contribution in [0.4, 0.5) is 0 Å². The van der Waals surface area contributed by atoms with Crippen molar-refractivity contribution in [1.29, 1.82) is 0 Å². The maximum absolute atomic E-state index is 6.21. The van der Waals surface area contributed by atoms with Crippen LogP contribution in [0.15, 0.2) is 21.2 Å². The average Bonchev–Trinajstić information content (AvgIpc) is 2.81. The molecule has 1 aromatic rings. The topological polar surface area (TPSA) is 34.4 Å². The van der Waals surface area contributed by atoms with Crippen LogP contribution in [0.1, 0.15) is 51.3 Å². The van der Waals surface area contributed by atoms with Crippen molar-refractivity contribution in [1.82, 2.24) is 5.32 Å². The van der Waals surface area contributed by atoms with Gasteiger partial charge in [0.25, 0.3) is 0 Å². The van der Waals surface area contributed by atoms with Crippen LogP contribution in [-0.2, 0) is 4.74 Å². The summed E-state index contributed by atoms with van der Waals surface area (Å²) in [7, 11) is 1.98. The fourth-order valence-corrected chi connectivity index (χ4v) is 3.63. The number of rotatable bonds is 5. The van der Waals surface area contributed by atoms with E-state index in [4.69, 9.17) is 9.15 Å². The smallest absolute Gasteiger partial charge is 0.137 e. The Morgan fingerprint density at radius 2 is 2.21 bits per heavy atom. The van der Waals surface area contributed by atoms with Crippen molar-refractivity contribution in [2.45, 2.75) is 51.2 Å². The van der Waals surface area contributed by atoms with Crippen molar-refractivity contribution < 1.29 is 9.15 Å². The first-order valence-corrected chi connectivity index (χ1v) is 7.96. The Labute approximate surface area is 124 Å². The minimum Gasteiger partial charge on any atom is -0.466 e. The first kappa shape index (κ1) is 15.1. The normalized spacial score (nSPS) is 29.4. The molecule has 1 aliphatic carbocycles. The van der Waals surface area contributed by atoms with E-state index >= 15 is 0 Å². The van der Waals surface area contributed by atoms with Gasteiger partial charge in [0.2, 0.25) is 0 Å². The Morgan fingerprint density at radius 3 is 2.68 bits per heavy atom. The summed E-state index contributed by atoms with van der Waals surface area (Å²) in [4.78, 5) is 0. The van der Waals surface area contributed by atoms with E-state index in [1.807, 2.05) is 13.1 Å². The second-order valence-corrected chi connectivity index (χ2v) is 6.39. The lowest BCUT2D eigenvalue weighted by Gasteiger charge is -2.44. The van der Waals surface area contributed by atoms with Crippen LogP contribution in [-0.4, -0.2) is 19.3 Å². The third-order valence-electron chi connectivity index (χ3n) is 4.27. The fraction of sp³-hybridized carbons (Fsp3) is 0.733. The van der Waals surface area contributed by atoms with Crippen molar-refractivity contribution >= 4 is 15.9 Å². The summed E-state index contributed by atoms with van der Waals surface area (Å²) in [6.07, 6.45) is 6.34. The molecular weight excluding hydrogens is 306 g/mol. The summed E-state index contributed by atoms with van der Waals surface area (Å²) >= 11 is 3.57. The highest BCUT2D eigenvalue weighted by Gasteiger charge is 2.44. The van der Waals surface area contributed by atoms with Gasteiger partial charge in [0, 0.05) is 6.61 Å². The first-order valence-electron chi connectivity index (χ1n) is 7.17. The predicted molar refractivity (Wildman–Crippen MR) is 80.2 cm³/mol. The Bertz CT molecular complexity index is 397. The van der Waals surface area contributed by atoms with Gasteiger partial charge in [-0.25, -0.2) is 0 Å². The number of ether oxygens (including phenoxy) is 1. The van der Waals surface area contributed by atoms with Crippen LogP contribution in [0.25, 0.3) is 0 Å². The number of likely N-dealkylation sites (N-methyl/N-ethyl adjacent to an activating group) is 1. The molecule has 1 atom stereocenters. The third kappa shape index (κ3) is 3.06. The molecule has 0 radical (unpaired) electrons. The van der Waals surface area contributed by atoms with Crippen LogP contribution in [0.2, 0.25) is 0 Å². The molecule has 0 spiro atoms. The highest BCUT2D eigenvalue weighted by atomic mass is 79.9. The molecule has 1 unspecified atom stereocenters. The van der Waals surface area contributed by atoms with Gasteiger partial charge in [-0.3, -0.25) is 0 Å². The number of hydrogen-bond donors (Lipinski definition) is 1. The minimum absolute atomic E-state index is 0.101. The second kappa shape index (κ2) is 6.42.